The van der Waals surface area contributed by atoms with Gasteiger partial charge in [-0.2, -0.15) is 0 Å². The molecule has 0 fully saturated rings. The number of amides is 1. The van der Waals surface area contributed by atoms with Crippen molar-refractivity contribution in [2.24, 2.45) is 0 Å². The molecule has 1 heterocycles. The van der Waals surface area contributed by atoms with Gasteiger partial charge in [0, 0.05) is 7.11 Å². The molecule has 0 spiro atoms. The summed E-state index contributed by atoms with van der Waals surface area (Å²) in [6, 6.07) is -0.921. The van der Waals surface area contributed by atoms with Crippen molar-refractivity contribution in [2.75, 3.05) is 7.11 Å². The van der Waals surface area contributed by atoms with Crippen LogP contribution in [-0.4, -0.2) is 35.1 Å². The zero-order valence-electron chi connectivity index (χ0n) is 9.81. The van der Waals surface area contributed by atoms with E-state index in [1.54, 1.807) is 14.0 Å². The van der Waals surface area contributed by atoms with Gasteiger partial charge in [-0.15, -0.1) is 11.3 Å². The van der Waals surface area contributed by atoms with Crippen molar-refractivity contribution < 1.29 is 19.4 Å². The standard InChI is InChI=1S/C10H14N2O4S/c1-5-8(17-7(11-5)4-16-3)9(13)12-6(2)10(14)15/h6H,4H2,1-3H3,(H,12,13)(H,14,15). The number of methoxy groups -OCH3 is 1. The molecule has 0 saturated carbocycles. The third-order valence-electron chi connectivity index (χ3n) is 2.03. The lowest BCUT2D eigenvalue weighted by molar-refractivity contribution is -0.138. The molecule has 1 aromatic heterocycles. The minimum Gasteiger partial charge on any atom is -0.480 e. The highest BCUT2D eigenvalue weighted by Gasteiger charge is 2.19. The van der Waals surface area contributed by atoms with E-state index in [0.717, 1.165) is 0 Å². The molecule has 0 aliphatic rings. The summed E-state index contributed by atoms with van der Waals surface area (Å²) in [4.78, 5) is 26.9. The smallest absolute Gasteiger partial charge is 0.325 e. The maximum absolute atomic E-state index is 11.8. The van der Waals surface area contributed by atoms with Crippen LogP contribution in [-0.2, 0) is 16.1 Å². The maximum Gasteiger partial charge on any atom is 0.325 e. The van der Waals surface area contributed by atoms with Crippen molar-refractivity contribution in [1.29, 1.82) is 0 Å². The molecule has 1 amide bonds. The monoisotopic (exact) mass is 258 g/mol. The number of hydrogen-bond acceptors (Lipinski definition) is 5. The SMILES string of the molecule is COCc1nc(C)c(C(=O)NC(C)C(=O)O)s1. The van der Waals surface area contributed by atoms with Crippen molar-refractivity contribution in [1.82, 2.24) is 10.3 Å². The maximum atomic E-state index is 11.8. The highest BCUT2D eigenvalue weighted by molar-refractivity contribution is 7.13. The summed E-state index contributed by atoms with van der Waals surface area (Å²) in [7, 11) is 1.54. The molecule has 17 heavy (non-hydrogen) atoms. The minimum atomic E-state index is -1.07. The molecular formula is C10H14N2O4S. The molecule has 2 N–H and O–H groups in total. The lowest BCUT2D eigenvalue weighted by Crippen LogP contribution is -2.38. The first-order valence-corrected chi connectivity index (χ1v) is 5.76. The topological polar surface area (TPSA) is 88.5 Å². The second kappa shape index (κ2) is 5.74. The van der Waals surface area contributed by atoms with E-state index in [0.29, 0.717) is 22.2 Å². The number of nitrogens with zero attached hydrogens (tertiary/aromatic N) is 1. The molecule has 0 radical (unpaired) electrons. The number of thiazole rings is 1. The predicted molar refractivity (Wildman–Crippen MR) is 62.1 cm³/mol. The molecule has 7 heteroatoms. The van der Waals surface area contributed by atoms with Crippen LogP contribution in [0.4, 0.5) is 0 Å². The molecule has 0 bridgehead atoms. The van der Waals surface area contributed by atoms with Crippen LogP contribution in [0, 0.1) is 6.92 Å². The van der Waals surface area contributed by atoms with Crippen LogP contribution in [0.25, 0.3) is 0 Å². The number of nitrogens with one attached hydrogen (secondary N) is 1. The Morgan fingerprint density at radius 3 is 2.76 bits per heavy atom. The van der Waals surface area contributed by atoms with E-state index >= 15 is 0 Å². The number of carboxylic acids is 1. The molecule has 0 aliphatic heterocycles. The van der Waals surface area contributed by atoms with Crippen LogP contribution in [0.3, 0.4) is 0 Å². The van der Waals surface area contributed by atoms with Gasteiger partial charge < -0.3 is 15.2 Å². The first-order valence-electron chi connectivity index (χ1n) is 4.94. The Balaban J connectivity index is 2.78. The molecule has 1 atom stereocenters. The Morgan fingerprint density at radius 1 is 1.59 bits per heavy atom. The predicted octanol–water partition coefficient (Wildman–Crippen LogP) is 0.801. The number of aliphatic carboxylic acids is 1. The number of carbonyl (C=O) groups excluding carboxylic acids is 1. The van der Waals surface area contributed by atoms with E-state index in [9.17, 15) is 9.59 Å². The normalized spacial score (nSPS) is 12.2. The molecule has 0 saturated heterocycles. The third kappa shape index (κ3) is 3.50. The summed E-state index contributed by atoms with van der Waals surface area (Å²) in [5.74, 6) is -1.49. The molecule has 0 aliphatic carbocycles. The summed E-state index contributed by atoms with van der Waals surface area (Å²) < 4.78 is 4.92. The van der Waals surface area contributed by atoms with Gasteiger partial charge in [-0.1, -0.05) is 0 Å². The molecular weight excluding hydrogens is 244 g/mol. The van der Waals surface area contributed by atoms with Crippen molar-refractivity contribution in [3.63, 3.8) is 0 Å². The van der Waals surface area contributed by atoms with E-state index in [-0.39, 0.29) is 0 Å². The van der Waals surface area contributed by atoms with Crippen LogP contribution in [0.1, 0.15) is 27.3 Å². The number of carboxylic acid groups (broad SMARTS) is 1. The van der Waals surface area contributed by atoms with Gasteiger partial charge in [0.1, 0.15) is 15.9 Å². The van der Waals surface area contributed by atoms with E-state index < -0.39 is 17.9 Å². The first-order chi connectivity index (χ1) is 7.95. The molecule has 1 aromatic rings. The largest absolute Gasteiger partial charge is 0.480 e. The molecule has 6 nitrogen and oxygen atoms in total. The molecule has 0 aromatic carbocycles. The second-order valence-corrected chi connectivity index (χ2v) is 4.57. The van der Waals surface area contributed by atoms with Crippen LogP contribution >= 0.6 is 11.3 Å². The highest BCUT2D eigenvalue weighted by Crippen LogP contribution is 2.18. The quantitative estimate of drug-likeness (QED) is 0.815. The van der Waals surface area contributed by atoms with Gasteiger partial charge in [0.05, 0.1) is 12.3 Å². The Morgan fingerprint density at radius 2 is 2.24 bits per heavy atom. The fourth-order valence-electron chi connectivity index (χ4n) is 1.17. The number of ether oxygens (including phenoxy) is 1. The minimum absolute atomic E-state index is 0.341. The van der Waals surface area contributed by atoms with Crippen LogP contribution in [0.2, 0.25) is 0 Å². The van der Waals surface area contributed by atoms with E-state index in [1.807, 2.05) is 0 Å². The number of aryl methyl sites for hydroxylation is 1. The summed E-state index contributed by atoms with van der Waals surface area (Å²) in [6.07, 6.45) is 0. The van der Waals surface area contributed by atoms with Crippen molar-refractivity contribution >= 4 is 23.2 Å². The van der Waals surface area contributed by atoms with Crippen LogP contribution in [0.5, 0.6) is 0 Å². The Bertz CT molecular complexity index is 430. The van der Waals surface area contributed by atoms with Gasteiger partial charge >= 0.3 is 5.97 Å². The zero-order chi connectivity index (χ0) is 13.0. The first kappa shape index (κ1) is 13.6. The summed E-state index contributed by atoms with van der Waals surface area (Å²) in [6.45, 7) is 3.45. The Kier molecular flexibility index (Phi) is 4.59. The Hall–Kier alpha value is -1.47. The number of carbonyl (C=O) groups is 2. The van der Waals surface area contributed by atoms with Crippen molar-refractivity contribution in [2.45, 2.75) is 26.5 Å². The molecule has 94 valence electrons. The number of aromatic nitrogens is 1. The zero-order valence-corrected chi connectivity index (χ0v) is 10.6. The number of rotatable bonds is 5. The van der Waals surface area contributed by atoms with Gasteiger partial charge in [-0.25, -0.2) is 4.98 Å². The average Bonchev–Trinajstić information content (AvgIpc) is 2.59. The van der Waals surface area contributed by atoms with Gasteiger partial charge in [0.15, 0.2) is 0 Å². The van der Waals surface area contributed by atoms with E-state index in [2.05, 4.69) is 10.3 Å². The fraction of sp³-hybridized carbons (Fsp3) is 0.500. The van der Waals surface area contributed by atoms with Crippen molar-refractivity contribution in [3.8, 4) is 0 Å². The third-order valence-corrected chi connectivity index (χ3v) is 3.16. The van der Waals surface area contributed by atoms with Crippen LogP contribution in [0.15, 0.2) is 0 Å². The van der Waals surface area contributed by atoms with Crippen molar-refractivity contribution in [3.05, 3.63) is 15.6 Å². The molecule has 1 unspecified atom stereocenters. The van der Waals surface area contributed by atoms with Crippen LogP contribution < -0.4 is 5.32 Å². The lowest BCUT2D eigenvalue weighted by atomic mass is 10.3. The summed E-state index contributed by atoms with van der Waals surface area (Å²) >= 11 is 1.20. The van der Waals surface area contributed by atoms with Gasteiger partial charge in [0.25, 0.3) is 5.91 Å². The summed E-state index contributed by atoms with van der Waals surface area (Å²) in [5.41, 5.74) is 0.581. The Labute approximate surface area is 103 Å². The fourth-order valence-corrected chi connectivity index (χ4v) is 2.11. The van der Waals surface area contributed by atoms with E-state index in [4.69, 9.17) is 9.84 Å². The van der Waals surface area contributed by atoms with E-state index in [1.165, 1.54) is 18.3 Å². The average molecular weight is 258 g/mol. The number of hydrogen-bond donors (Lipinski definition) is 2. The second-order valence-electron chi connectivity index (χ2n) is 3.49. The van der Waals surface area contributed by atoms with Gasteiger partial charge in [-0.05, 0) is 13.8 Å². The molecule has 1 rings (SSSR count). The lowest BCUT2D eigenvalue weighted by Gasteiger charge is -2.07. The highest BCUT2D eigenvalue weighted by atomic mass is 32.1. The van der Waals surface area contributed by atoms with Gasteiger partial charge in [0.2, 0.25) is 0 Å². The summed E-state index contributed by atoms with van der Waals surface area (Å²) in [5, 5.41) is 11.8. The van der Waals surface area contributed by atoms with Gasteiger partial charge in [-0.3, -0.25) is 9.59 Å².